The normalized spacial score (nSPS) is 12.7. The zero-order valence-corrected chi connectivity index (χ0v) is 13.5. The molecule has 0 saturated carbocycles. The minimum Gasteiger partial charge on any atom is -0.310 e. The summed E-state index contributed by atoms with van der Waals surface area (Å²) in [6.07, 6.45) is 0.840. The number of aryl methyl sites for hydroxylation is 2. The van der Waals surface area contributed by atoms with E-state index in [2.05, 4.69) is 23.4 Å². The second-order valence-electron chi connectivity index (χ2n) is 4.88. The van der Waals surface area contributed by atoms with Gasteiger partial charge in [0.05, 0.1) is 5.69 Å². The van der Waals surface area contributed by atoms with Crippen molar-refractivity contribution in [2.75, 3.05) is 6.54 Å². The maximum atomic E-state index is 6.32. The number of nitrogens with one attached hydrogen (secondary N) is 1. The van der Waals surface area contributed by atoms with Crippen LogP contribution in [0.1, 0.15) is 29.9 Å². The molecular weight excluding hydrogens is 293 g/mol. The fourth-order valence-corrected chi connectivity index (χ4v) is 2.93. The average Bonchev–Trinajstić information content (AvgIpc) is 2.67. The van der Waals surface area contributed by atoms with Gasteiger partial charge in [-0.2, -0.15) is 5.10 Å². The number of aromatic nitrogens is 2. The van der Waals surface area contributed by atoms with Crippen molar-refractivity contribution in [3.05, 3.63) is 51.3 Å². The zero-order chi connectivity index (χ0) is 14.7. The lowest BCUT2D eigenvalue weighted by molar-refractivity contribution is 0.529. The van der Waals surface area contributed by atoms with Crippen molar-refractivity contribution >= 4 is 23.2 Å². The van der Waals surface area contributed by atoms with Crippen molar-refractivity contribution in [1.82, 2.24) is 15.1 Å². The second-order valence-corrected chi connectivity index (χ2v) is 5.72. The van der Waals surface area contributed by atoms with Crippen LogP contribution < -0.4 is 5.32 Å². The third kappa shape index (κ3) is 3.54. The molecule has 1 unspecified atom stereocenters. The molecule has 0 fully saturated rings. The maximum Gasteiger partial charge on any atom is 0.0596 e. The van der Waals surface area contributed by atoms with E-state index >= 15 is 0 Å². The van der Waals surface area contributed by atoms with Gasteiger partial charge in [-0.15, -0.1) is 0 Å². The number of benzene rings is 1. The standard InChI is InChI=1S/C15H19Cl2N3/c1-4-18-15(9-12-7-10(2)19-20(12)3)13-6-5-11(16)8-14(13)17/h5-8,15,18H,4,9H2,1-3H3. The first-order valence-electron chi connectivity index (χ1n) is 6.69. The molecule has 108 valence electrons. The van der Waals surface area contributed by atoms with Crippen LogP contribution in [0, 0.1) is 6.92 Å². The summed E-state index contributed by atoms with van der Waals surface area (Å²) in [7, 11) is 1.97. The quantitative estimate of drug-likeness (QED) is 0.906. The maximum absolute atomic E-state index is 6.32. The topological polar surface area (TPSA) is 29.9 Å². The van der Waals surface area contributed by atoms with E-state index in [0.717, 1.165) is 24.2 Å². The van der Waals surface area contributed by atoms with Gasteiger partial charge in [0.1, 0.15) is 0 Å². The molecule has 0 aliphatic rings. The van der Waals surface area contributed by atoms with E-state index in [0.29, 0.717) is 10.0 Å². The van der Waals surface area contributed by atoms with E-state index in [9.17, 15) is 0 Å². The Balaban J connectivity index is 2.29. The molecule has 2 rings (SSSR count). The highest BCUT2D eigenvalue weighted by Crippen LogP contribution is 2.28. The monoisotopic (exact) mass is 311 g/mol. The van der Waals surface area contributed by atoms with Gasteiger partial charge in [-0.3, -0.25) is 4.68 Å². The van der Waals surface area contributed by atoms with Crippen LogP contribution in [-0.4, -0.2) is 16.3 Å². The molecule has 0 radical (unpaired) electrons. The molecular formula is C15H19Cl2N3. The summed E-state index contributed by atoms with van der Waals surface area (Å²) in [4.78, 5) is 0. The number of hydrogen-bond acceptors (Lipinski definition) is 2. The van der Waals surface area contributed by atoms with Crippen molar-refractivity contribution in [1.29, 1.82) is 0 Å². The Hall–Kier alpha value is -1.03. The highest BCUT2D eigenvalue weighted by atomic mass is 35.5. The lowest BCUT2D eigenvalue weighted by atomic mass is 10.0. The molecule has 5 heteroatoms. The van der Waals surface area contributed by atoms with Gasteiger partial charge in [-0.25, -0.2) is 0 Å². The fraction of sp³-hybridized carbons (Fsp3) is 0.400. The Kier molecular flexibility index (Phi) is 5.08. The van der Waals surface area contributed by atoms with Crippen molar-refractivity contribution in [3.8, 4) is 0 Å². The molecule has 1 aromatic heterocycles. The van der Waals surface area contributed by atoms with Gasteiger partial charge in [0.15, 0.2) is 0 Å². The van der Waals surface area contributed by atoms with Gasteiger partial charge in [-0.1, -0.05) is 36.2 Å². The summed E-state index contributed by atoms with van der Waals surface area (Å²) >= 11 is 12.3. The fourth-order valence-electron chi connectivity index (χ4n) is 2.39. The van der Waals surface area contributed by atoms with E-state index in [1.165, 1.54) is 5.69 Å². The minimum absolute atomic E-state index is 0.152. The van der Waals surface area contributed by atoms with E-state index in [1.807, 2.05) is 30.8 Å². The lowest BCUT2D eigenvalue weighted by Gasteiger charge is -2.20. The summed E-state index contributed by atoms with van der Waals surface area (Å²) in [5.74, 6) is 0. The number of hydrogen-bond donors (Lipinski definition) is 1. The van der Waals surface area contributed by atoms with Gasteiger partial charge in [0.2, 0.25) is 0 Å². The summed E-state index contributed by atoms with van der Waals surface area (Å²) in [6.45, 7) is 4.97. The molecule has 0 aliphatic heterocycles. The first-order chi connectivity index (χ1) is 9.51. The van der Waals surface area contributed by atoms with E-state index in [1.54, 1.807) is 6.07 Å². The Morgan fingerprint density at radius 3 is 2.60 bits per heavy atom. The van der Waals surface area contributed by atoms with Crippen LogP contribution in [0.5, 0.6) is 0 Å². The summed E-state index contributed by atoms with van der Waals surface area (Å²) in [5, 5.41) is 9.22. The summed E-state index contributed by atoms with van der Waals surface area (Å²) < 4.78 is 1.92. The van der Waals surface area contributed by atoms with Crippen LogP contribution in [0.25, 0.3) is 0 Å². The number of rotatable bonds is 5. The average molecular weight is 312 g/mol. The van der Waals surface area contributed by atoms with Crippen LogP contribution in [-0.2, 0) is 13.5 Å². The Labute approximate surface area is 129 Å². The predicted octanol–water partition coefficient (Wildman–Crippen LogP) is 3.93. The third-order valence-electron chi connectivity index (χ3n) is 3.30. The van der Waals surface area contributed by atoms with Crippen LogP contribution in [0.3, 0.4) is 0 Å². The largest absolute Gasteiger partial charge is 0.310 e. The molecule has 1 atom stereocenters. The predicted molar refractivity (Wildman–Crippen MR) is 84.5 cm³/mol. The van der Waals surface area contributed by atoms with Gasteiger partial charge in [0, 0.05) is 35.2 Å². The SMILES string of the molecule is CCNC(Cc1cc(C)nn1C)c1ccc(Cl)cc1Cl. The molecule has 2 aromatic rings. The lowest BCUT2D eigenvalue weighted by Crippen LogP contribution is -2.24. The summed E-state index contributed by atoms with van der Waals surface area (Å²) in [5.41, 5.74) is 3.27. The van der Waals surface area contributed by atoms with Gasteiger partial charge < -0.3 is 5.32 Å². The molecule has 0 spiro atoms. The second kappa shape index (κ2) is 6.61. The number of halogens is 2. The molecule has 20 heavy (non-hydrogen) atoms. The minimum atomic E-state index is 0.152. The van der Waals surface area contributed by atoms with Crippen molar-refractivity contribution in [2.45, 2.75) is 26.3 Å². The van der Waals surface area contributed by atoms with Crippen molar-refractivity contribution in [2.24, 2.45) is 7.05 Å². The van der Waals surface area contributed by atoms with Crippen LogP contribution in [0.15, 0.2) is 24.3 Å². The number of likely N-dealkylation sites (N-methyl/N-ethyl adjacent to an activating group) is 1. The number of nitrogens with zero attached hydrogens (tertiary/aromatic N) is 2. The molecule has 0 aliphatic carbocycles. The molecule has 3 nitrogen and oxygen atoms in total. The molecule has 1 aromatic carbocycles. The Bertz CT molecular complexity index is 593. The van der Waals surface area contributed by atoms with E-state index in [-0.39, 0.29) is 6.04 Å². The molecule has 1 N–H and O–H groups in total. The molecule has 0 saturated heterocycles. The van der Waals surface area contributed by atoms with E-state index in [4.69, 9.17) is 23.2 Å². The van der Waals surface area contributed by atoms with Gasteiger partial charge in [0.25, 0.3) is 0 Å². The highest BCUT2D eigenvalue weighted by molar-refractivity contribution is 6.35. The Morgan fingerprint density at radius 2 is 2.05 bits per heavy atom. The van der Waals surface area contributed by atoms with Crippen LogP contribution >= 0.6 is 23.2 Å². The van der Waals surface area contributed by atoms with Crippen molar-refractivity contribution in [3.63, 3.8) is 0 Å². The highest BCUT2D eigenvalue weighted by Gasteiger charge is 2.16. The first-order valence-corrected chi connectivity index (χ1v) is 7.44. The van der Waals surface area contributed by atoms with Crippen molar-refractivity contribution < 1.29 is 0 Å². The molecule has 0 amide bonds. The van der Waals surface area contributed by atoms with Crippen LogP contribution in [0.2, 0.25) is 10.0 Å². The smallest absolute Gasteiger partial charge is 0.0596 e. The van der Waals surface area contributed by atoms with Gasteiger partial charge >= 0.3 is 0 Å². The zero-order valence-electron chi connectivity index (χ0n) is 12.0. The molecule has 1 heterocycles. The molecule has 0 bridgehead atoms. The first kappa shape index (κ1) is 15.4. The van der Waals surface area contributed by atoms with Gasteiger partial charge in [-0.05, 0) is 37.2 Å². The Morgan fingerprint density at radius 1 is 1.30 bits per heavy atom. The summed E-state index contributed by atoms with van der Waals surface area (Å²) in [6, 6.07) is 7.91. The third-order valence-corrected chi connectivity index (χ3v) is 3.86. The van der Waals surface area contributed by atoms with Crippen LogP contribution in [0.4, 0.5) is 0 Å². The van der Waals surface area contributed by atoms with E-state index < -0.39 is 0 Å².